The number of Topliss-reactive ketones (excluding diaryl/α,β-unsaturated/α-hetero) is 1. The second kappa shape index (κ2) is 4.47. The number of rotatable bonds is 3. The van der Waals surface area contributed by atoms with Gasteiger partial charge in [0.1, 0.15) is 0 Å². The van der Waals surface area contributed by atoms with Crippen LogP contribution in [0.15, 0.2) is 12.1 Å². The normalized spacial score (nSPS) is 10.7. The van der Waals surface area contributed by atoms with E-state index < -0.39 is 0 Å². The van der Waals surface area contributed by atoms with Gasteiger partial charge in [0.2, 0.25) is 0 Å². The Balaban J connectivity index is 3.08. The van der Waals surface area contributed by atoms with Crippen molar-refractivity contribution in [1.29, 1.82) is 0 Å². The van der Waals surface area contributed by atoms with Crippen LogP contribution in [0, 0.1) is 19.8 Å². The van der Waals surface area contributed by atoms with Crippen molar-refractivity contribution in [2.45, 2.75) is 34.1 Å². The first-order valence-electron chi connectivity index (χ1n) is 5.31. The molecule has 0 bridgehead atoms. The molecule has 0 aromatic heterocycles. The summed E-state index contributed by atoms with van der Waals surface area (Å²) in [7, 11) is 0. The maximum Gasteiger partial charge on any atom is 0.165 e. The molecule has 0 unspecified atom stereocenters. The molecule has 1 rings (SSSR count). The van der Waals surface area contributed by atoms with Crippen LogP contribution in [0.3, 0.4) is 0 Å². The lowest BCUT2D eigenvalue weighted by molar-refractivity contribution is 0.0968. The molecule has 0 radical (unpaired) electrons. The summed E-state index contributed by atoms with van der Waals surface area (Å²) in [5.41, 5.74) is 9.30. The number of hydrogen-bond donors (Lipinski definition) is 1. The van der Waals surface area contributed by atoms with E-state index in [0.717, 1.165) is 11.1 Å². The summed E-state index contributed by atoms with van der Waals surface area (Å²) in [6.45, 7) is 8.00. The summed E-state index contributed by atoms with van der Waals surface area (Å²) >= 11 is 0. The van der Waals surface area contributed by atoms with E-state index in [9.17, 15) is 4.79 Å². The van der Waals surface area contributed by atoms with Crippen LogP contribution >= 0.6 is 0 Å². The van der Waals surface area contributed by atoms with Crippen LogP contribution in [0.5, 0.6) is 0 Å². The van der Waals surface area contributed by atoms with Crippen molar-refractivity contribution in [2.75, 3.05) is 5.73 Å². The van der Waals surface area contributed by atoms with Gasteiger partial charge < -0.3 is 5.73 Å². The fourth-order valence-electron chi connectivity index (χ4n) is 1.69. The zero-order valence-electron chi connectivity index (χ0n) is 9.92. The number of nitrogens with two attached hydrogens (primary N) is 1. The number of anilines is 1. The molecule has 1 aromatic carbocycles. The first kappa shape index (κ1) is 11.8. The predicted molar refractivity (Wildman–Crippen MR) is 64.1 cm³/mol. The first-order chi connectivity index (χ1) is 6.91. The third kappa shape index (κ3) is 2.82. The topological polar surface area (TPSA) is 43.1 Å². The van der Waals surface area contributed by atoms with Crippen molar-refractivity contribution in [3.8, 4) is 0 Å². The molecule has 1 aromatic rings. The van der Waals surface area contributed by atoms with Gasteiger partial charge in [-0.15, -0.1) is 0 Å². The molecule has 0 saturated carbocycles. The fourth-order valence-corrected chi connectivity index (χ4v) is 1.69. The lowest BCUT2D eigenvalue weighted by atomic mass is 9.96. The molecule has 0 spiro atoms. The lowest BCUT2D eigenvalue weighted by Gasteiger charge is -2.10. The van der Waals surface area contributed by atoms with E-state index >= 15 is 0 Å². The Labute approximate surface area is 91.5 Å². The van der Waals surface area contributed by atoms with Gasteiger partial charge in [0.15, 0.2) is 5.78 Å². The minimum atomic E-state index is 0.148. The van der Waals surface area contributed by atoms with Crippen LogP contribution < -0.4 is 5.73 Å². The van der Waals surface area contributed by atoms with Crippen molar-refractivity contribution < 1.29 is 4.79 Å². The molecular weight excluding hydrogens is 186 g/mol. The number of aryl methyl sites for hydroxylation is 2. The van der Waals surface area contributed by atoms with Gasteiger partial charge in [0, 0.05) is 17.7 Å². The smallest absolute Gasteiger partial charge is 0.165 e. The number of carbonyl (C=O) groups is 1. The van der Waals surface area contributed by atoms with E-state index in [1.54, 1.807) is 0 Å². The Kier molecular flexibility index (Phi) is 3.51. The highest BCUT2D eigenvalue weighted by Crippen LogP contribution is 2.21. The maximum absolute atomic E-state index is 11.9. The van der Waals surface area contributed by atoms with Gasteiger partial charge >= 0.3 is 0 Å². The van der Waals surface area contributed by atoms with Crippen molar-refractivity contribution in [1.82, 2.24) is 0 Å². The van der Waals surface area contributed by atoms with Crippen LogP contribution in [0.1, 0.15) is 41.8 Å². The van der Waals surface area contributed by atoms with E-state index in [-0.39, 0.29) is 5.78 Å². The van der Waals surface area contributed by atoms with E-state index in [2.05, 4.69) is 0 Å². The van der Waals surface area contributed by atoms with Gasteiger partial charge in [0.05, 0.1) is 0 Å². The highest BCUT2D eigenvalue weighted by atomic mass is 16.1. The van der Waals surface area contributed by atoms with E-state index in [4.69, 9.17) is 5.73 Å². The summed E-state index contributed by atoms with van der Waals surface area (Å²) in [6.07, 6.45) is 0.563. The maximum atomic E-state index is 11.9. The van der Waals surface area contributed by atoms with Gasteiger partial charge in [-0.3, -0.25) is 4.79 Å². The summed E-state index contributed by atoms with van der Waals surface area (Å²) in [4.78, 5) is 11.9. The standard InChI is InChI=1S/C13H19NO/c1-8(2)5-12(15)11-7-9(3)6-10(4)13(11)14/h6-8H,5,14H2,1-4H3. The first-order valence-corrected chi connectivity index (χ1v) is 5.31. The highest BCUT2D eigenvalue weighted by Gasteiger charge is 2.13. The molecule has 0 amide bonds. The SMILES string of the molecule is Cc1cc(C)c(N)c(C(=O)CC(C)C)c1. The van der Waals surface area contributed by atoms with Gasteiger partial charge in [-0.25, -0.2) is 0 Å². The molecule has 2 heteroatoms. The second-order valence-corrected chi connectivity index (χ2v) is 4.56. The number of benzene rings is 1. The van der Waals surface area contributed by atoms with Crippen molar-refractivity contribution in [3.05, 3.63) is 28.8 Å². The van der Waals surface area contributed by atoms with E-state index in [0.29, 0.717) is 23.6 Å². The van der Waals surface area contributed by atoms with Gasteiger partial charge in [-0.1, -0.05) is 19.9 Å². The number of nitrogen functional groups attached to an aromatic ring is 1. The van der Waals surface area contributed by atoms with Crippen LogP contribution in [-0.2, 0) is 0 Å². The second-order valence-electron chi connectivity index (χ2n) is 4.56. The number of hydrogen-bond acceptors (Lipinski definition) is 2. The molecular formula is C13H19NO. The van der Waals surface area contributed by atoms with Gasteiger partial charge in [0.25, 0.3) is 0 Å². The fraction of sp³-hybridized carbons (Fsp3) is 0.462. The molecule has 0 aliphatic carbocycles. The van der Waals surface area contributed by atoms with Crippen LogP contribution in [-0.4, -0.2) is 5.78 Å². The Bertz CT molecular complexity index is 380. The van der Waals surface area contributed by atoms with Crippen LogP contribution in [0.2, 0.25) is 0 Å². The predicted octanol–water partition coefficient (Wildman–Crippen LogP) is 3.11. The zero-order valence-corrected chi connectivity index (χ0v) is 9.92. The summed E-state index contributed by atoms with van der Waals surface area (Å²) in [6, 6.07) is 3.88. The third-order valence-corrected chi connectivity index (χ3v) is 2.43. The third-order valence-electron chi connectivity index (χ3n) is 2.43. The van der Waals surface area contributed by atoms with Gasteiger partial charge in [-0.2, -0.15) is 0 Å². The molecule has 2 nitrogen and oxygen atoms in total. The molecule has 0 aliphatic heterocycles. The van der Waals surface area contributed by atoms with Crippen LogP contribution in [0.25, 0.3) is 0 Å². The quantitative estimate of drug-likeness (QED) is 0.608. The molecule has 82 valence electrons. The Morgan fingerprint density at radius 2 is 1.93 bits per heavy atom. The summed E-state index contributed by atoms with van der Waals surface area (Å²) in [5, 5.41) is 0. The van der Waals surface area contributed by atoms with Crippen molar-refractivity contribution in [3.63, 3.8) is 0 Å². The molecule has 0 atom stereocenters. The minimum Gasteiger partial charge on any atom is -0.398 e. The molecule has 2 N–H and O–H groups in total. The molecule has 0 aliphatic rings. The average Bonchev–Trinajstić information content (AvgIpc) is 2.09. The van der Waals surface area contributed by atoms with Crippen molar-refractivity contribution in [2.24, 2.45) is 5.92 Å². The number of ketones is 1. The van der Waals surface area contributed by atoms with Crippen molar-refractivity contribution >= 4 is 11.5 Å². The Morgan fingerprint density at radius 1 is 1.33 bits per heavy atom. The minimum absolute atomic E-state index is 0.148. The summed E-state index contributed by atoms with van der Waals surface area (Å²) < 4.78 is 0. The Hall–Kier alpha value is -1.31. The van der Waals surface area contributed by atoms with Gasteiger partial charge in [-0.05, 0) is 37.0 Å². The largest absolute Gasteiger partial charge is 0.398 e. The van der Waals surface area contributed by atoms with E-state index in [1.165, 1.54) is 0 Å². The van der Waals surface area contributed by atoms with Crippen LogP contribution in [0.4, 0.5) is 5.69 Å². The monoisotopic (exact) mass is 205 g/mol. The highest BCUT2D eigenvalue weighted by molar-refractivity contribution is 6.01. The lowest BCUT2D eigenvalue weighted by Crippen LogP contribution is -2.08. The number of carbonyl (C=O) groups excluding carboxylic acids is 1. The molecule has 0 heterocycles. The molecule has 0 fully saturated rings. The molecule has 0 saturated heterocycles. The molecule has 15 heavy (non-hydrogen) atoms. The van der Waals surface area contributed by atoms with E-state index in [1.807, 2.05) is 39.8 Å². The average molecular weight is 205 g/mol. The zero-order chi connectivity index (χ0) is 11.6. The Morgan fingerprint density at radius 3 is 2.47 bits per heavy atom. The summed E-state index contributed by atoms with van der Waals surface area (Å²) in [5.74, 6) is 0.520.